The van der Waals surface area contributed by atoms with Gasteiger partial charge < -0.3 is 72.1 Å². The van der Waals surface area contributed by atoms with E-state index in [1.165, 1.54) is 25.7 Å². The number of ether oxygens (including phenoxy) is 5. The van der Waals surface area contributed by atoms with Crippen LogP contribution in [0.2, 0.25) is 25.1 Å². The van der Waals surface area contributed by atoms with Crippen LogP contribution in [0.5, 0.6) is 28.7 Å². The lowest BCUT2D eigenvalue weighted by atomic mass is 9.84. The number of aliphatic hydroxyl groups excluding tert-OH is 1. The average molecular weight is 1970 g/mol. The summed E-state index contributed by atoms with van der Waals surface area (Å²) >= 11 is 33.7. The molecule has 4 fully saturated rings. The first-order valence-electron chi connectivity index (χ1n) is 47.6. The minimum absolute atomic E-state index is 0.0448. The number of aromatic amines is 2. The van der Waals surface area contributed by atoms with Crippen LogP contribution in [0.25, 0.3) is 110 Å². The molecule has 3 amide bonds. The quantitative estimate of drug-likeness (QED) is 0.0883. The molecule has 20 heterocycles. The van der Waals surface area contributed by atoms with Gasteiger partial charge in [-0.25, -0.2) is 9.97 Å². The number of amides is 3. The first-order valence-corrected chi connectivity index (χ1v) is 50.3. The Balaban J connectivity index is 0.0000000996. The molecule has 5 aromatic carbocycles. The highest BCUT2D eigenvalue weighted by Crippen LogP contribution is 2.52. The molecule has 1 saturated carbocycles. The fourth-order valence-corrected chi connectivity index (χ4v) is 23.3. The van der Waals surface area contributed by atoms with E-state index in [9.17, 15) is 24.3 Å². The third-order valence-corrected chi connectivity index (χ3v) is 29.9. The number of rotatable bonds is 12. The number of ketones is 1. The Morgan fingerprint density at radius 2 is 0.855 bits per heavy atom. The molecule has 1 aliphatic carbocycles. The van der Waals surface area contributed by atoms with Crippen LogP contribution < -0.4 is 29.0 Å². The molecular formula is C107H97Cl5N12O13S. The van der Waals surface area contributed by atoms with E-state index in [1.807, 2.05) is 154 Å². The number of nitrogens with zero attached hydrogens (tertiary/aromatic N) is 9. The molecule has 0 radical (unpaired) electrons. The third-order valence-electron chi connectivity index (χ3n) is 27.8. The number of fused-ring (bicyclic) bond motifs is 11. The molecular weight excluding hydrogens is 1870 g/mol. The van der Waals surface area contributed by atoms with E-state index in [-0.39, 0.29) is 48.2 Å². The molecule has 5 atom stereocenters. The lowest BCUT2D eigenvalue weighted by Gasteiger charge is -2.28. The van der Waals surface area contributed by atoms with Crippen LogP contribution in [0.15, 0.2) is 190 Å². The summed E-state index contributed by atoms with van der Waals surface area (Å²) in [5.41, 5.74) is 21.7. The van der Waals surface area contributed by atoms with E-state index in [2.05, 4.69) is 45.4 Å². The van der Waals surface area contributed by atoms with Gasteiger partial charge in [-0.3, -0.25) is 34.1 Å². The summed E-state index contributed by atoms with van der Waals surface area (Å²) in [6.07, 6.45) is 31.5. The van der Waals surface area contributed by atoms with Gasteiger partial charge in [0.05, 0.1) is 22.2 Å². The van der Waals surface area contributed by atoms with Crippen molar-refractivity contribution in [1.82, 2.24) is 60.1 Å². The fraction of sp³-hybridized carbons (Fsp3) is 0.327. The minimum Gasteiger partial charge on any atom is -0.481 e. The normalized spacial score (nSPS) is 19.0. The molecule has 26 rings (SSSR count). The summed E-state index contributed by atoms with van der Waals surface area (Å²) in [4.78, 5) is 85.7. The highest BCUT2D eigenvalue weighted by atomic mass is 35.5. The number of nitrogens with one attached hydrogen (secondary N) is 3. The molecule has 11 aromatic heterocycles. The smallest absolute Gasteiger partial charge is 0.263 e. The molecule has 9 aliphatic heterocycles. The number of likely N-dealkylation sites (tertiary alicyclic amines) is 3. The minimum atomic E-state index is -0.526. The highest BCUT2D eigenvalue weighted by molar-refractivity contribution is 7.17. The van der Waals surface area contributed by atoms with Crippen LogP contribution in [0.4, 0.5) is 0 Å². The van der Waals surface area contributed by atoms with Gasteiger partial charge in [-0.05, 0) is 196 Å². The van der Waals surface area contributed by atoms with E-state index in [0.717, 1.165) is 284 Å². The number of piperidine rings is 3. The van der Waals surface area contributed by atoms with Gasteiger partial charge in [0, 0.05) is 266 Å². The third kappa shape index (κ3) is 18.2. The standard InChI is InChI=1S/C22H21ClN2O4.C22H21ClN2O2.C21H17ClN4O2.C21H19ClN2O3.C21H19ClN2O2S/c23-14-8-13-9-19(22(27)25-6-2-1-3-7-25)29-20(13)17(10-14)16-4-5-24-18-11-15(12-26)28-21(16)18;23-15-10-14-11-19(20(26)13-4-2-1-3-5-13)27-21(14)18(12-15)16-6-8-24-22-17(16)7-9-25-22;22-12-7-11-8-18(20-16-10-23-4-3-17(16)26-28-20)27-19(11)15(9-12)13-1-5-24-21-14(13)2-6-25-21;22-14-10-13-11-18(21(25)24-7-2-1-3-8-24)27-19(13)16(12-14)15-4-6-23-17-5-9-26-20(15)17;22-14-10-13-11-18(21(25)24-7-2-1-3-8-24)26-19(13)16(12-14)15-4-6-23-17-5-9-27-20(15)17/h4-5,8,10-11,19,26H,1-3,6-7,9,12H2;6-10,12-13,19H,1-5,11H2,(H,24,25);1-2,5-7,9,18,23H,3-4,8,10H2,(H,24,25);2*4-6,9-10,12,18H,1-3,7-8,11H2. The SMILES string of the molecule is Clc1cc2c(c(-c3ccnc4[nH]ccc34)c1)OC(c1onc3c1CNCC3)C2.O=C(C1CCCCC1)C1Cc2cc(Cl)cc(-c3ccnc4[nH]ccc34)c2O1.O=C(C1Cc2cc(Cl)cc(-c3ccnc4cc(CO)oc34)c2O1)N1CCCCC1.O=C(C1Cc2cc(Cl)cc(-c3ccnc4ccoc34)c2O1)N1CCCCC1.O=C(C1Cc2cc(Cl)cc(-c3ccnc4ccsc34)c2O1)N1CCCCC1. The maximum atomic E-state index is 13.0. The number of halogens is 5. The van der Waals surface area contributed by atoms with Crippen molar-refractivity contribution in [2.75, 3.05) is 45.8 Å². The Kier molecular flexibility index (Phi) is 26.0. The average Bonchev–Trinajstić information content (AvgIpc) is 1.61. The number of benzene rings is 5. The van der Waals surface area contributed by atoms with E-state index in [4.69, 9.17) is 95.0 Å². The molecule has 138 heavy (non-hydrogen) atoms. The summed E-state index contributed by atoms with van der Waals surface area (Å²) in [6, 6.07) is 38.4. The predicted octanol–water partition coefficient (Wildman–Crippen LogP) is 22.9. The number of pyridine rings is 5. The van der Waals surface area contributed by atoms with Gasteiger partial charge in [0.1, 0.15) is 63.4 Å². The summed E-state index contributed by atoms with van der Waals surface area (Å²) < 4.78 is 49.5. The van der Waals surface area contributed by atoms with Gasteiger partial charge in [-0.15, -0.1) is 11.3 Å². The number of furan rings is 2. The number of thiophene rings is 1. The van der Waals surface area contributed by atoms with Gasteiger partial charge >= 0.3 is 0 Å². The molecule has 4 N–H and O–H groups in total. The van der Waals surface area contributed by atoms with Crippen molar-refractivity contribution in [3.05, 3.63) is 252 Å². The highest BCUT2D eigenvalue weighted by Gasteiger charge is 2.42. The largest absolute Gasteiger partial charge is 0.481 e. The van der Waals surface area contributed by atoms with Crippen molar-refractivity contribution in [2.45, 2.75) is 172 Å². The number of hydrogen-bond donors (Lipinski definition) is 4. The molecule has 16 aromatic rings. The second-order valence-electron chi connectivity index (χ2n) is 36.7. The van der Waals surface area contributed by atoms with Crippen molar-refractivity contribution in [3.8, 4) is 84.4 Å². The molecule has 0 spiro atoms. The van der Waals surface area contributed by atoms with Crippen molar-refractivity contribution in [1.29, 1.82) is 0 Å². The van der Waals surface area contributed by atoms with Gasteiger partial charge in [0.25, 0.3) is 17.7 Å². The molecule has 31 heteroatoms. The van der Waals surface area contributed by atoms with Gasteiger partial charge in [-0.1, -0.05) is 82.4 Å². The van der Waals surface area contributed by atoms with E-state index in [1.54, 1.807) is 48.5 Å². The van der Waals surface area contributed by atoms with E-state index in [0.29, 0.717) is 85.4 Å². The molecule has 3 saturated heterocycles. The number of carbonyl (C=O) groups is 4. The summed E-state index contributed by atoms with van der Waals surface area (Å²) in [5, 5.41) is 24.4. The van der Waals surface area contributed by atoms with Crippen LogP contribution in [-0.2, 0) is 70.9 Å². The van der Waals surface area contributed by atoms with Crippen molar-refractivity contribution >= 4 is 147 Å². The Bertz CT molecular complexity index is 6980. The zero-order valence-corrected chi connectivity index (χ0v) is 80.0. The zero-order chi connectivity index (χ0) is 93.8. The summed E-state index contributed by atoms with van der Waals surface area (Å²) in [5.74, 6) is 5.72. The molecule has 0 bridgehead atoms. The zero-order valence-electron chi connectivity index (χ0n) is 75.4. The Hall–Kier alpha value is -12.4. The number of hydrogen-bond acceptors (Lipinski definition) is 21. The van der Waals surface area contributed by atoms with Crippen LogP contribution in [0.1, 0.15) is 147 Å². The number of Topliss-reactive ketones (excluding diaryl/α,β-unsaturated/α-hetero) is 1. The van der Waals surface area contributed by atoms with Crippen molar-refractivity contribution < 1.29 is 61.3 Å². The topological polar surface area (TPSA) is 305 Å². The summed E-state index contributed by atoms with van der Waals surface area (Å²) in [6.45, 7) is 6.40. The van der Waals surface area contributed by atoms with Crippen LogP contribution in [0, 0.1) is 5.92 Å². The maximum Gasteiger partial charge on any atom is 0.263 e. The monoisotopic (exact) mass is 1960 g/mol. The number of H-pyrrole nitrogens is 2. The fourth-order valence-electron chi connectivity index (χ4n) is 21.2. The predicted molar refractivity (Wildman–Crippen MR) is 532 cm³/mol. The second-order valence-corrected chi connectivity index (χ2v) is 39.8. The number of aromatic nitrogens is 8. The van der Waals surface area contributed by atoms with Crippen molar-refractivity contribution in [3.63, 3.8) is 0 Å². The van der Waals surface area contributed by atoms with Gasteiger partial charge in [-0.2, -0.15) is 0 Å². The Morgan fingerprint density at radius 1 is 0.428 bits per heavy atom. The molecule has 704 valence electrons. The lowest BCUT2D eigenvalue weighted by Crippen LogP contribution is -2.43. The van der Waals surface area contributed by atoms with Crippen LogP contribution >= 0.6 is 69.3 Å². The van der Waals surface area contributed by atoms with Gasteiger partial charge in [0.15, 0.2) is 53.2 Å². The van der Waals surface area contributed by atoms with Crippen LogP contribution in [-0.4, -0.2) is 154 Å². The number of carbonyl (C=O) groups excluding carboxylic acids is 4. The Labute approximate surface area is 823 Å². The lowest BCUT2D eigenvalue weighted by molar-refractivity contribution is -0.139. The molecule has 25 nitrogen and oxygen atoms in total. The van der Waals surface area contributed by atoms with Gasteiger partial charge in [0.2, 0.25) is 0 Å². The Morgan fingerprint density at radius 3 is 1.37 bits per heavy atom. The number of aliphatic hydroxyl groups is 1. The molecule has 10 aliphatic rings. The summed E-state index contributed by atoms with van der Waals surface area (Å²) in [7, 11) is 0. The van der Waals surface area contributed by atoms with Crippen LogP contribution in [0.3, 0.4) is 0 Å². The van der Waals surface area contributed by atoms with Crippen molar-refractivity contribution in [2.24, 2.45) is 5.92 Å². The molecule has 5 unspecified atom stereocenters. The van der Waals surface area contributed by atoms with E-state index >= 15 is 0 Å². The first kappa shape index (κ1) is 90.8. The van der Waals surface area contributed by atoms with E-state index < -0.39 is 18.3 Å². The second kappa shape index (κ2) is 39.5. The maximum absolute atomic E-state index is 13.0. The first-order chi connectivity index (χ1) is 67.5.